The number of nitrogens with one attached hydrogen (secondary N) is 1. The molecule has 1 N–H and O–H groups in total. The van der Waals surface area contributed by atoms with Crippen LogP contribution in [0.1, 0.15) is 45.6 Å². The van der Waals surface area contributed by atoms with E-state index in [-0.39, 0.29) is 5.91 Å². The second-order valence-electron chi connectivity index (χ2n) is 8.52. The Morgan fingerprint density at radius 1 is 1.15 bits per heavy atom. The van der Waals surface area contributed by atoms with Crippen LogP contribution in [0, 0.1) is 29.6 Å². The van der Waals surface area contributed by atoms with Crippen molar-refractivity contribution in [1.82, 2.24) is 20.0 Å². The predicted molar refractivity (Wildman–Crippen MR) is 134 cm³/mol. The van der Waals surface area contributed by atoms with E-state index in [1.54, 1.807) is 16.8 Å². The van der Waals surface area contributed by atoms with Gasteiger partial charge in [-0.25, -0.2) is 0 Å². The fourth-order valence-electron chi connectivity index (χ4n) is 4.36. The Balaban J connectivity index is 1.61. The third-order valence-electron chi connectivity index (χ3n) is 6.00. The summed E-state index contributed by atoms with van der Waals surface area (Å²) >= 11 is 2.01. The molecule has 8 heteroatoms. The van der Waals surface area contributed by atoms with Crippen molar-refractivity contribution in [1.29, 1.82) is 10.5 Å². The summed E-state index contributed by atoms with van der Waals surface area (Å²) in [4.78, 5) is 15.7. The Morgan fingerprint density at radius 3 is 2.74 bits per heavy atom. The molecule has 0 unspecified atom stereocenters. The number of aromatic nitrogens is 2. The molecule has 0 spiro atoms. The van der Waals surface area contributed by atoms with Crippen molar-refractivity contribution < 1.29 is 4.79 Å². The maximum absolute atomic E-state index is 13.2. The largest absolute Gasteiger partial charge is 0.347 e. The number of benzene rings is 2. The first-order valence-electron chi connectivity index (χ1n) is 11.5. The SMILES string of the molecule is Cc1cc(CN2CCCSCC2)cc2c(C(=O)NCc3ccc(C#N)cc3)nn(CCC#N)c12. The molecule has 2 aromatic carbocycles. The van der Waals surface area contributed by atoms with E-state index in [0.29, 0.717) is 30.8 Å². The van der Waals surface area contributed by atoms with E-state index in [0.717, 1.165) is 47.4 Å². The van der Waals surface area contributed by atoms with E-state index in [1.165, 1.54) is 17.7 Å². The molecule has 3 aromatic rings. The molecule has 1 amide bonds. The molecule has 7 nitrogen and oxygen atoms in total. The summed E-state index contributed by atoms with van der Waals surface area (Å²) in [6.45, 7) is 5.85. The molecule has 0 bridgehead atoms. The van der Waals surface area contributed by atoms with Crippen LogP contribution < -0.4 is 5.32 Å². The first-order valence-corrected chi connectivity index (χ1v) is 12.7. The zero-order valence-electron chi connectivity index (χ0n) is 19.4. The van der Waals surface area contributed by atoms with E-state index in [1.807, 2.05) is 30.8 Å². The molecule has 34 heavy (non-hydrogen) atoms. The number of thioether (sulfide) groups is 1. The molecule has 1 aliphatic heterocycles. The van der Waals surface area contributed by atoms with Gasteiger partial charge in [0.2, 0.25) is 0 Å². The number of fused-ring (bicyclic) bond motifs is 1. The number of nitriles is 2. The lowest BCUT2D eigenvalue weighted by atomic mass is 10.0. The Hall–Kier alpha value is -3.33. The van der Waals surface area contributed by atoms with Crippen LogP contribution in [0.5, 0.6) is 0 Å². The summed E-state index contributed by atoms with van der Waals surface area (Å²) in [6.07, 6.45) is 1.52. The molecule has 1 saturated heterocycles. The lowest BCUT2D eigenvalue weighted by molar-refractivity contribution is 0.0946. The van der Waals surface area contributed by atoms with E-state index >= 15 is 0 Å². The molecule has 0 atom stereocenters. The van der Waals surface area contributed by atoms with Crippen molar-refractivity contribution in [3.05, 3.63) is 64.3 Å². The van der Waals surface area contributed by atoms with Crippen LogP contribution in [0.2, 0.25) is 0 Å². The molecule has 0 radical (unpaired) electrons. The number of aryl methyl sites for hydroxylation is 2. The molecular weight excluding hydrogens is 444 g/mol. The van der Waals surface area contributed by atoms with Gasteiger partial charge >= 0.3 is 0 Å². The molecule has 174 valence electrons. The van der Waals surface area contributed by atoms with Gasteiger partial charge in [0, 0.05) is 30.8 Å². The molecule has 1 aliphatic rings. The summed E-state index contributed by atoms with van der Waals surface area (Å²) in [5.41, 5.74) is 5.04. The number of nitrogens with zero attached hydrogens (tertiary/aromatic N) is 5. The highest BCUT2D eigenvalue weighted by Crippen LogP contribution is 2.26. The van der Waals surface area contributed by atoms with Crippen LogP contribution in [0.3, 0.4) is 0 Å². The van der Waals surface area contributed by atoms with Crippen molar-refractivity contribution in [2.45, 2.75) is 39.4 Å². The quantitative estimate of drug-likeness (QED) is 0.558. The Bertz CT molecular complexity index is 1240. The normalized spacial score (nSPS) is 14.3. The van der Waals surface area contributed by atoms with E-state index < -0.39 is 0 Å². The maximum Gasteiger partial charge on any atom is 0.272 e. The number of carbonyl (C=O) groups is 1. The van der Waals surface area contributed by atoms with Gasteiger partial charge in [0.15, 0.2) is 5.69 Å². The van der Waals surface area contributed by atoms with Gasteiger partial charge in [-0.1, -0.05) is 18.2 Å². The van der Waals surface area contributed by atoms with Crippen molar-refractivity contribution in [3.8, 4) is 12.1 Å². The number of carbonyl (C=O) groups excluding carboxylic acids is 1. The van der Waals surface area contributed by atoms with Gasteiger partial charge in [0.05, 0.1) is 36.2 Å². The van der Waals surface area contributed by atoms with Crippen molar-refractivity contribution in [2.75, 3.05) is 24.6 Å². The molecule has 0 saturated carbocycles. The fourth-order valence-corrected chi connectivity index (χ4v) is 5.28. The highest BCUT2D eigenvalue weighted by atomic mass is 32.2. The molecule has 0 aliphatic carbocycles. The maximum atomic E-state index is 13.2. The van der Waals surface area contributed by atoms with Crippen LogP contribution in [-0.2, 0) is 19.6 Å². The molecule has 4 rings (SSSR count). The van der Waals surface area contributed by atoms with E-state index in [2.05, 4.69) is 39.6 Å². The van der Waals surface area contributed by atoms with Gasteiger partial charge in [0.1, 0.15) is 0 Å². The number of rotatable bonds is 7. The predicted octanol–water partition coefficient (Wildman–Crippen LogP) is 4.00. The van der Waals surface area contributed by atoms with Gasteiger partial charge in [0.25, 0.3) is 5.91 Å². The fraction of sp³-hybridized carbons (Fsp3) is 0.385. The lowest BCUT2D eigenvalue weighted by Crippen LogP contribution is -2.25. The van der Waals surface area contributed by atoms with Crippen molar-refractivity contribution >= 4 is 28.6 Å². The number of hydrogen-bond donors (Lipinski definition) is 1. The summed E-state index contributed by atoms with van der Waals surface area (Å²) in [7, 11) is 0. The third-order valence-corrected chi connectivity index (χ3v) is 7.05. The average Bonchev–Trinajstić information content (AvgIpc) is 3.02. The molecule has 2 heterocycles. The zero-order valence-corrected chi connectivity index (χ0v) is 20.2. The minimum atomic E-state index is -0.243. The van der Waals surface area contributed by atoms with Crippen molar-refractivity contribution in [3.63, 3.8) is 0 Å². The second-order valence-corrected chi connectivity index (χ2v) is 9.75. The summed E-state index contributed by atoms with van der Waals surface area (Å²) < 4.78 is 1.79. The van der Waals surface area contributed by atoms with Crippen LogP contribution in [-0.4, -0.2) is 45.2 Å². The Kier molecular flexibility index (Phi) is 7.84. The van der Waals surface area contributed by atoms with E-state index in [4.69, 9.17) is 10.5 Å². The molecular formula is C26H28N6OS. The number of hydrogen-bond acceptors (Lipinski definition) is 6. The van der Waals surface area contributed by atoms with Crippen LogP contribution in [0.4, 0.5) is 0 Å². The van der Waals surface area contributed by atoms with Gasteiger partial charge < -0.3 is 5.32 Å². The topological polar surface area (TPSA) is 97.7 Å². The molecule has 1 fully saturated rings. The van der Waals surface area contributed by atoms with Crippen LogP contribution in [0.15, 0.2) is 36.4 Å². The van der Waals surface area contributed by atoms with Gasteiger partial charge in [-0.3, -0.25) is 14.4 Å². The summed E-state index contributed by atoms with van der Waals surface area (Å²) in [6, 6.07) is 15.7. The van der Waals surface area contributed by atoms with Gasteiger partial charge in [-0.15, -0.1) is 0 Å². The standard InChI is InChI=1S/C26H28N6OS/c1-19-14-22(18-31-9-3-12-34-13-11-31)15-23-24(30-32(25(19)23)10-2-8-27)26(33)29-17-21-6-4-20(16-28)5-7-21/h4-7,14-15H,2-3,9-13,17-18H2,1H3,(H,29,33). The summed E-state index contributed by atoms with van der Waals surface area (Å²) in [5, 5.41) is 26.5. The minimum absolute atomic E-state index is 0.243. The van der Waals surface area contributed by atoms with Crippen molar-refractivity contribution in [2.24, 2.45) is 0 Å². The minimum Gasteiger partial charge on any atom is -0.347 e. The Labute approximate surface area is 204 Å². The monoisotopic (exact) mass is 472 g/mol. The molecule has 1 aromatic heterocycles. The summed E-state index contributed by atoms with van der Waals surface area (Å²) in [5.74, 6) is 2.12. The lowest BCUT2D eigenvalue weighted by Gasteiger charge is -2.20. The highest BCUT2D eigenvalue weighted by Gasteiger charge is 2.20. The smallest absolute Gasteiger partial charge is 0.272 e. The van der Waals surface area contributed by atoms with Gasteiger partial charge in [-0.2, -0.15) is 27.4 Å². The van der Waals surface area contributed by atoms with Crippen LogP contribution in [0.25, 0.3) is 10.9 Å². The highest BCUT2D eigenvalue weighted by molar-refractivity contribution is 7.99. The van der Waals surface area contributed by atoms with Crippen LogP contribution >= 0.6 is 11.8 Å². The average molecular weight is 473 g/mol. The third kappa shape index (κ3) is 5.59. The first-order chi connectivity index (χ1) is 16.6. The van der Waals surface area contributed by atoms with Gasteiger partial charge in [-0.05, 0) is 60.5 Å². The first kappa shape index (κ1) is 23.8. The number of amides is 1. The van der Waals surface area contributed by atoms with E-state index in [9.17, 15) is 4.79 Å². The second kappa shape index (κ2) is 11.2. The Morgan fingerprint density at radius 2 is 1.97 bits per heavy atom. The zero-order chi connectivity index (χ0) is 23.9.